The van der Waals surface area contributed by atoms with Crippen LogP contribution in [-0.4, -0.2) is 12.2 Å². The number of nitrogens with two attached hydrogens (primary N) is 1. The first-order valence-electron chi connectivity index (χ1n) is 6.05. The van der Waals surface area contributed by atoms with Crippen LogP contribution in [0.1, 0.15) is 45.4 Å². The summed E-state index contributed by atoms with van der Waals surface area (Å²) in [5, 5.41) is 0. The van der Waals surface area contributed by atoms with Crippen molar-refractivity contribution in [2.75, 3.05) is 6.54 Å². The first-order chi connectivity index (χ1) is 6.66. The molecule has 0 aromatic rings. The van der Waals surface area contributed by atoms with Crippen LogP contribution in [-0.2, 0) is 0 Å². The van der Waals surface area contributed by atoms with Gasteiger partial charge >= 0.3 is 0 Å². The molecule has 82 valence electrons. The molecule has 2 rings (SSSR count). The molecule has 1 unspecified atom stereocenters. The molecular formula is C12H22FN. The molecule has 2 N–H and O–H groups in total. The highest BCUT2D eigenvalue weighted by Gasteiger charge is 2.50. The maximum atomic E-state index is 14.6. The van der Waals surface area contributed by atoms with Crippen LogP contribution in [0.15, 0.2) is 0 Å². The zero-order valence-corrected chi connectivity index (χ0v) is 9.14. The average molecular weight is 199 g/mol. The Morgan fingerprint density at radius 2 is 1.50 bits per heavy atom. The van der Waals surface area contributed by atoms with Gasteiger partial charge in [-0.3, -0.25) is 0 Å². The molecular weight excluding hydrogens is 177 g/mol. The molecule has 2 aliphatic rings. The van der Waals surface area contributed by atoms with Gasteiger partial charge in [0.2, 0.25) is 0 Å². The Morgan fingerprint density at radius 3 is 1.86 bits per heavy atom. The second-order valence-corrected chi connectivity index (χ2v) is 5.36. The van der Waals surface area contributed by atoms with Crippen molar-refractivity contribution in [1.29, 1.82) is 0 Å². The summed E-state index contributed by atoms with van der Waals surface area (Å²) in [4.78, 5) is 0. The van der Waals surface area contributed by atoms with E-state index >= 15 is 0 Å². The van der Waals surface area contributed by atoms with Crippen LogP contribution in [0.4, 0.5) is 4.39 Å². The van der Waals surface area contributed by atoms with E-state index in [0.29, 0.717) is 5.92 Å². The van der Waals surface area contributed by atoms with E-state index in [1.165, 1.54) is 12.8 Å². The van der Waals surface area contributed by atoms with E-state index < -0.39 is 5.67 Å². The van der Waals surface area contributed by atoms with Crippen molar-refractivity contribution >= 4 is 0 Å². The van der Waals surface area contributed by atoms with Crippen molar-refractivity contribution in [1.82, 2.24) is 0 Å². The van der Waals surface area contributed by atoms with E-state index in [-0.39, 0.29) is 12.5 Å². The minimum absolute atomic E-state index is 0.247. The van der Waals surface area contributed by atoms with Gasteiger partial charge in [-0.2, -0.15) is 0 Å². The highest BCUT2D eigenvalue weighted by Crippen LogP contribution is 2.50. The molecule has 1 atom stereocenters. The molecule has 0 radical (unpaired) electrons. The van der Waals surface area contributed by atoms with Gasteiger partial charge in [-0.1, -0.05) is 19.8 Å². The van der Waals surface area contributed by atoms with Gasteiger partial charge < -0.3 is 5.73 Å². The van der Waals surface area contributed by atoms with Crippen LogP contribution in [0.3, 0.4) is 0 Å². The summed E-state index contributed by atoms with van der Waals surface area (Å²) in [5.74, 6) is 1.36. The van der Waals surface area contributed by atoms with Crippen molar-refractivity contribution in [3.63, 3.8) is 0 Å². The minimum Gasteiger partial charge on any atom is -0.328 e. The van der Waals surface area contributed by atoms with Crippen LogP contribution < -0.4 is 5.73 Å². The van der Waals surface area contributed by atoms with Gasteiger partial charge in [-0.05, 0) is 43.4 Å². The number of alkyl halides is 1. The van der Waals surface area contributed by atoms with Crippen LogP contribution >= 0.6 is 0 Å². The molecule has 2 fully saturated rings. The highest BCUT2D eigenvalue weighted by atomic mass is 19.1. The first-order valence-corrected chi connectivity index (χ1v) is 6.05. The predicted octanol–water partition coefficient (Wildman–Crippen LogP) is 2.89. The lowest BCUT2D eigenvalue weighted by atomic mass is 9.73. The topological polar surface area (TPSA) is 26.0 Å². The van der Waals surface area contributed by atoms with Gasteiger partial charge in [0.25, 0.3) is 0 Å². The second-order valence-electron chi connectivity index (χ2n) is 5.36. The lowest BCUT2D eigenvalue weighted by molar-refractivity contribution is 0.0341. The maximum Gasteiger partial charge on any atom is 0.128 e. The Labute approximate surface area is 86.2 Å². The molecule has 14 heavy (non-hydrogen) atoms. The average Bonchev–Trinajstić information content (AvgIpc) is 3.01. The molecule has 1 nitrogen and oxygen atoms in total. The molecule has 2 aliphatic carbocycles. The quantitative estimate of drug-likeness (QED) is 0.743. The third-order valence-corrected chi connectivity index (χ3v) is 4.26. The lowest BCUT2D eigenvalue weighted by Crippen LogP contribution is -2.44. The molecule has 2 saturated carbocycles. The van der Waals surface area contributed by atoms with Crippen molar-refractivity contribution < 1.29 is 4.39 Å². The number of hydrogen-bond acceptors (Lipinski definition) is 1. The summed E-state index contributed by atoms with van der Waals surface area (Å²) >= 11 is 0. The smallest absolute Gasteiger partial charge is 0.128 e. The third kappa shape index (κ3) is 1.81. The Balaban J connectivity index is 1.97. The van der Waals surface area contributed by atoms with Gasteiger partial charge in [0.15, 0.2) is 0 Å². The fourth-order valence-corrected chi connectivity index (χ4v) is 2.97. The standard InChI is InChI=1S/C12H22FN/c1-9-2-4-10(5-3-9)12(13,8-14)11-6-7-11/h9-11H,2-8,14H2,1H3. The predicted molar refractivity (Wildman–Crippen MR) is 56.7 cm³/mol. The molecule has 0 amide bonds. The Bertz CT molecular complexity index is 194. The summed E-state index contributed by atoms with van der Waals surface area (Å²) in [7, 11) is 0. The van der Waals surface area contributed by atoms with E-state index in [1.807, 2.05) is 0 Å². The number of hydrogen-bond donors (Lipinski definition) is 1. The fraction of sp³-hybridized carbons (Fsp3) is 1.00. The van der Waals surface area contributed by atoms with Crippen LogP contribution in [0.2, 0.25) is 0 Å². The molecule has 0 spiro atoms. The lowest BCUT2D eigenvalue weighted by Gasteiger charge is -2.37. The second kappa shape index (κ2) is 3.80. The minimum atomic E-state index is -1.01. The third-order valence-electron chi connectivity index (χ3n) is 4.26. The molecule has 0 aromatic carbocycles. The van der Waals surface area contributed by atoms with Crippen LogP contribution in [0.25, 0.3) is 0 Å². The van der Waals surface area contributed by atoms with E-state index in [0.717, 1.165) is 31.6 Å². The van der Waals surface area contributed by atoms with Crippen LogP contribution in [0.5, 0.6) is 0 Å². The van der Waals surface area contributed by atoms with E-state index in [4.69, 9.17) is 5.73 Å². The monoisotopic (exact) mass is 199 g/mol. The van der Waals surface area contributed by atoms with E-state index in [1.54, 1.807) is 0 Å². The van der Waals surface area contributed by atoms with Crippen molar-refractivity contribution in [2.24, 2.45) is 23.5 Å². The molecule has 0 aliphatic heterocycles. The molecule has 0 heterocycles. The number of rotatable bonds is 3. The van der Waals surface area contributed by atoms with Gasteiger partial charge in [0.1, 0.15) is 5.67 Å². The Kier molecular flexibility index (Phi) is 2.83. The Hall–Kier alpha value is -0.110. The summed E-state index contributed by atoms with van der Waals surface area (Å²) in [6.45, 7) is 2.52. The van der Waals surface area contributed by atoms with Crippen molar-refractivity contribution in [3.05, 3.63) is 0 Å². The molecule has 0 bridgehead atoms. The summed E-state index contributed by atoms with van der Waals surface area (Å²) in [5.41, 5.74) is 4.62. The van der Waals surface area contributed by atoms with Crippen LogP contribution in [0, 0.1) is 17.8 Å². The first kappa shape index (κ1) is 10.4. The Morgan fingerprint density at radius 1 is 1.07 bits per heavy atom. The SMILES string of the molecule is CC1CCC(C(F)(CN)C2CC2)CC1. The zero-order valence-electron chi connectivity index (χ0n) is 9.14. The van der Waals surface area contributed by atoms with Crippen molar-refractivity contribution in [3.8, 4) is 0 Å². The molecule has 2 heteroatoms. The normalized spacial score (nSPS) is 37.9. The van der Waals surface area contributed by atoms with Gasteiger partial charge in [-0.15, -0.1) is 0 Å². The summed E-state index contributed by atoms with van der Waals surface area (Å²) in [6, 6.07) is 0. The maximum absolute atomic E-state index is 14.6. The fourth-order valence-electron chi connectivity index (χ4n) is 2.97. The molecule has 0 aromatic heterocycles. The number of halogens is 1. The van der Waals surface area contributed by atoms with Gasteiger partial charge in [-0.25, -0.2) is 4.39 Å². The van der Waals surface area contributed by atoms with Gasteiger partial charge in [0, 0.05) is 6.54 Å². The van der Waals surface area contributed by atoms with Crippen molar-refractivity contribution in [2.45, 2.75) is 51.1 Å². The summed E-state index contributed by atoms with van der Waals surface area (Å²) < 4.78 is 14.6. The van der Waals surface area contributed by atoms with E-state index in [9.17, 15) is 4.39 Å². The summed E-state index contributed by atoms with van der Waals surface area (Å²) in [6.07, 6.45) is 6.66. The van der Waals surface area contributed by atoms with Gasteiger partial charge in [0.05, 0.1) is 0 Å². The highest BCUT2D eigenvalue weighted by molar-refractivity contribution is 5.01. The molecule has 0 saturated heterocycles. The largest absolute Gasteiger partial charge is 0.328 e. The van der Waals surface area contributed by atoms with E-state index in [2.05, 4.69) is 6.92 Å². The zero-order chi connectivity index (χ0) is 10.2.